The minimum absolute atomic E-state index is 0.186. The quantitative estimate of drug-likeness (QED) is 0.777. The molecular formula is C14H23N3O2S. The van der Waals surface area contributed by atoms with Gasteiger partial charge in [0.1, 0.15) is 0 Å². The third-order valence-electron chi connectivity index (χ3n) is 3.88. The molecule has 1 aromatic rings. The Morgan fingerprint density at radius 1 is 1.45 bits per heavy atom. The lowest BCUT2D eigenvalue weighted by Gasteiger charge is -2.24. The van der Waals surface area contributed by atoms with E-state index in [2.05, 4.69) is 9.62 Å². The van der Waals surface area contributed by atoms with E-state index in [1.807, 2.05) is 14.0 Å². The fourth-order valence-electron chi connectivity index (χ4n) is 2.27. The number of rotatable bonds is 6. The molecule has 5 nitrogen and oxygen atoms in total. The molecule has 1 fully saturated rings. The molecule has 0 saturated heterocycles. The summed E-state index contributed by atoms with van der Waals surface area (Å²) in [6.07, 6.45) is 2.43. The molecule has 6 heteroatoms. The number of sulfonamides is 1. The fourth-order valence-corrected chi connectivity index (χ4v) is 3.61. The highest BCUT2D eigenvalue weighted by Gasteiger charge is 2.29. The van der Waals surface area contributed by atoms with Gasteiger partial charge in [-0.1, -0.05) is 0 Å². The molecule has 1 aromatic carbocycles. The average Bonchev–Trinajstić information content (AvgIpc) is 3.18. The van der Waals surface area contributed by atoms with Crippen LogP contribution in [0.25, 0.3) is 0 Å². The lowest BCUT2D eigenvalue weighted by atomic mass is 10.2. The number of anilines is 1. The van der Waals surface area contributed by atoms with Crippen molar-refractivity contribution in [3.63, 3.8) is 0 Å². The molecule has 112 valence electrons. The topological polar surface area (TPSA) is 75.4 Å². The lowest BCUT2D eigenvalue weighted by molar-refractivity contribution is 0.248. The first-order valence-electron chi connectivity index (χ1n) is 6.89. The van der Waals surface area contributed by atoms with Crippen LogP contribution >= 0.6 is 0 Å². The number of nitrogen functional groups attached to an aromatic ring is 1. The Morgan fingerprint density at radius 3 is 2.65 bits per heavy atom. The minimum atomic E-state index is -3.47. The van der Waals surface area contributed by atoms with Crippen molar-refractivity contribution in [3.8, 4) is 0 Å². The van der Waals surface area contributed by atoms with Gasteiger partial charge in [-0.3, -0.25) is 4.90 Å². The van der Waals surface area contributed by atoms with Gasteiger partial charge >= 0.3 is 0 Å². The zero-order chi connectivity index (χ0) is 14.9. The monoisotopic (exact) mass is 297 g/mol. The van der Waals surface area contributed by atoms with Crippen molar-refractivity contribution in [2.24, 2.45) is 0 Å². The summed E-state index contributed by atoms with van der Waals surface area (Å²) < 4.78 is 27.3. The summed E-state index contributed by atoms with van der Waals surface area (Å²) in [7, 11) is -1.43. The molecule has 0 spiro atoms. The van der Waals surface area contributed by atoms with Crippen molar-refractivity contribution in [1.29, 1.82) is 0 Å². The van der Waals surface area contributed by atoms with E-state index in [4.69, 9.17) is 5.73 Å². The number of benzene rings is 1. The van der Waals surface area contributed by atoms with Gasteiger partial charge in [-0.25, -0.2) is 13.1 Å². The van der Waals surface area contributed by atoms with Gasteiger partial charge in [0.2, 0.25) is 10.0 Å². The maximum absolute atomic E-state index is 12.3. The van der Waals surface area contributed by atoms with Crippen LogP contribution in [0.15, 0.2) is 23.1 Å². The molecule has 0 radical (unpaired) electrons. The van der Waals surface area contributed by atoms with E-state index < -0.39 is 10.0 Å². The standard InChI is InChI=1S/C14H23N3O2S/c1-10-8-12(15)4-7-14(10)20(18,19)16-9-11(2)17(3)13-5-6-13/h4,7-8,11,13,16H,5-6,9,15H2,1-3H3. The highest BCUT2D eigenvalue weighted by Crippen LogP contribution is 2.26. The molecule has 1 atom stereocenters. The number of nitrogens with zero attached hydrogens (tertiary/aromatic N) is 1. The molecule has 3 N–H and O–H groups in total. The summed E-state index contributed by atoms with van der Waals surface area (Å²) in [6.45, 7) is 4.21. The number of aryl methyl sites for hydroxylation is 1. The predicted octanol–water partition coefficient (Wildman–Crippen LogP) is 1.34. The molecule has 1 aliphatic carbocycles. The van der Waals surface area contributed by atoms with Crippen molar-refractivity contribution in [3.05, 3.63) is 23.8 Å². The molecule has 1 saturated carbocycles. The maximum Gasteiger partial charge on any atom is 0.240 e. The summed E-state index contributed by atoms with van der Waals surface area (Å²) in [4.78, 5) is 2.53. The highest BCUT2D eigenvalue weighted by atomic mass is 32.2. The third kappa shape index (κ3) is 3.50. The van der Waals surface area contributed by atoms with E-state index in [-0.39, 0.29) is 6.04 Å². The Morgan fingerprint density at radius 2 is 2.10 bits per heavy atom. The Kier molecular flexibility index (Phi) is 4.36. The second-order valence-corrected chi connectivity index (χ2v) is 7.36. The van der Waals surface area contributed by atoms with Gasteiger partial charge in [-0.2, -0.15) is 0 Å². The fraction of sp³-hybridized carbons (Fsp3) is 0.571. The van der Waals surface area contributed by atoms with Crippen LogP contribution in [-0.2, 0) is 10.0 Å². The van der Waals surface area contributed by atoms with Gasteiger partial charge in [-0.15, -0.1) is 0 Å². The summed E-state index contributed by atoms with van der Waals surface area (Å²) in [5.74, 6) is 0. The van der Waals surface area contributed by atoms with Gasteiger partial charge in [0.05, 0.1) is 4.90 Å². The van der Waals surface area contributed by atoms with Gasteiger partial charge in [-0.05, 0) is 57.5 Å². The normalized spacial score (nSPS) is 17.4. The highest BCUT2D eigenvalue weighted by molar-refractivity contribution is 7.89. The van der Waals surface area contributed by atoms with Gasteiger partial charge in [0, 0.05) is 24.3 Å². The molecule has 0 bridgehead atoms. The minimum Gasteiger partial charge on any atom is -0.399 e. The molecule has 0 aromatic heterocycles. The van der Waals surface area contributed by atoms with Crippen LogP contribution < -0.4 is 10.5 Å². The van der Waals surface area contributed by atoms with E-state index >= 15 is 0 Å². The third-order valence-corrected chi connectivity index (χ3v) is 5.46. The van der Waals surface area contributed by atoms with Crippen molar-refractivity contribution in [1.82, 2.24) is 9.62 Å². The van der Waals surface area contributed by atoms with E-state index in [1.54, 1.807) is 25.1 Å². The summed E-state index contributed by atoms with van der Waals surface area (Å²) in [5, 5.41) is 0. The Labute approximate surface area is 121 Å². The Balaban J connectivity index is 2.03. The maximum atomic E-state index is 12.3. The van der Waals surface area contributed by atoms with Gasteiger partial charge in [0.15, 0.2) is 0 Å². The second kappa shape index (κ2) is 5.71. The molecule has 0 aliphatic heterocycles. The van der Waals surface area contributed by atoms with Crippen molar-refractivity contribution < 1.29 is 8.42 Å². The Hall–Kier alpha value is -1.11. The Bertz CT molecular complexity index is 582. The van der Waals surface area contributed by atoms with Crippen molar-refractivity contribution in [2.45, 2.75) is 43.7 Å². The van der Waals surface area contributed by atoms with E-state index in [9.17, 15) is 8.42 Å². The van der Waals surface area contributed by atoms with Gasteiger partial charge < -0.3 is 5.73 Å². The van der Waals surface area contributed by atoms with Gasteiger partial charge in [0.25, 0.3) is 0 Å². The van der Waals surface area contributed by atoms with E-state index in [1.165, 1.54) is 12.8 Å². The van der Waals surface area contributed by atoms with E-state index in [0.717, 1.165) is 0 Å². The molecule has 1 unspecified atom stereocenters. The van der Waals surface area contributed by atoms with Crippen LogP contribution in [0.1, 0.15) is 25.3 Å². The number of likely N-dealkylation sites (N-methyl/N-ethyl adjacent to an activating group) is 1. The number of nitrogens with two attached hydrogens (primary N) is 1. The molecule has 1 aliphatic rings. The molecule has 2 rings (SSSR count). The number of hydrogen-bond donors (Lipinski definition) is 2. The van der Waals surface area contributed by atoms with Crippen LogP contribution in [0, 0.1) is 6.92 Å². The second-order valence-electron chi connectivity index (χ2n) is 5.62. The van der Waals surface area contributed by atoms with Crippen LogP contribution in [0.5, 0.6) is 0 Å². The summed E-state index contributed by atoms with van der Waals surface area (Å²) in [5.41, 5.74) is 6.89. The zero-order valence-electron chi connectivity index (χ0n) is 12.3. The first kappa shape index (κ1) is 15.3. The smallest absolute Gasteiger partial charge is 0.240 e. The molecule has 0 heterocycles. The number of hydrogen-bond acceptors (Lipinski definition) is 4. The SMILES string of the molecule is Cc1cc(N)ccc1S(=O)(=O)NCC(C)N(C)C1CC1. The average molecular weight is 297 g/mol. The zero-order valence-corrected chi connectivity index (χ0v) is 13.1. The van der Waals surface area contributed by atoms with Crippen LogP contribution in [0.2, 0.25) is 0 Å². The van der Waals surface area contributed by atoms with Crippen LogP contribution in [0.3, 0.4) is 0 Å². The first-order chi connectivity index (χ1) is 9.31. The summed E-state index contributed by atoms with van der Waals surface area (Å²) in [6, 6.07) is 5.65. The van der Waals surface area contributed by atoms with Crippen LogP contribution in [-0.4, -0.2) is 39.0 Å². The number of nitrogens with one attached hydrogen (secondary N) is 1. The van der Waals surface area contributed by atoms with Crippen LogP contribution in [0.4, 0.5) is 5.69 Å². The molecular weight excluding hydrogens is 274 g/mol. The molecule has 20 heavy (non-hydrogen) atoms. The lowest BCUT2D eigenvalue weighted by Crippen LogP contribution is -2.41. The first-order valence-corrected chi connectivity index (χ1v) is 8.37. The summed E-state index contributed by atoms with van der Waals surface area (Å²) >= 11 is 0. The molecule has 0 amide bonds. The van der Waals surface area contributed by atoms with E-state index in [0.29, 0.717) is 28.7 Å². The van der Waals surface area contributed by atoms with Crippen molar-refractivity contribution in [2.75, 3.05) is 19.3 Å². The predicted molar refractivity (Wildman–Crippen MR) is 81.0 cm³/mol. The largest absolute Gasteiger partial charge is 0.399 e. The van der Waals surface area contributed by atoms with Crippen molar-refractivity contribution >= 4 is 15.7 Å².